The molecule has 0 saturated carbocycles. The van der Waals surface area contributed by atoms with Gasteiger partial charge in [0.1, 0.15) is 0 Å². The van der Waals surface area contributed by atoms with Gasteiger partial charge < -0.3 is 0 Å². The molecule has 0 aromatic carbocycles. The van der Waals surface area contributed by atoms with Crippen molar-refractivity contribution >= 4 is 0 Å². The van der Waals surface area contributed by atoms with E-state index in [1.165, 1.54) is 6.42 Å². The topological polar surface area (TPSA) is 0 Å². The number of allylic oxidation sites excluding steroid dienone is 4. The highest BCUT2D eigenvalue weighted by molar-refractivity contribution is 5.12. The number of rotatable bonds is 0. The zero-order valence-electron chi connectivity index (χ0n) is 5.17. The van der Waals surface area contributed by atoms with Gasteiger partial charge in [-0.1, -0.05) is 31.2 Å². The zero-order chi connectivity index (χ0) is 5.82. The maximum atomic E-state index is 2.22. The van der Waals surface area contributed by atoms with Crippen molar-refractivity contribution in [2.24, 2.45) is 5.92 Å². The van der Waals surface area contributed by atoms with E-state index in [-0.39, 0.29) is 0 Å². The molecule has 1 aliphatic carbocycles. The van der Waals surface area contributed by atoms with Crippen molar-refractivity contribution in [3.8, 4) is 0 Å². The van der Waals surface area contributed by atoms with Gasteiger partial charge in [0.25, 0.3) is 0 Å². The molecule has 0 aliphatic heterocycles. The fraction of sp³-hybridized carbons (Fsp3) is 0.375. The summed E-state index contributed by atoms with van der Waals surface area (Å²) in [4.78, 5) is 0. The highest BCUT2D eigenvalue weighted by Crippen LogP contribution is 2.10. The predicted octanol–water partition coefficient (Wildman–Crippen LogP) is 2.34. The molecule has 0 aromatic rings. The van der Waals surface area contributed by atoms with Crippen LogP contribution in [0.3, 0.4) is 0 Å². The number of hydrogen-bond donors (Lipinski definition) is 0. The van der Waals surface area contributed by atoms with E-state index in [2.05, 4.69) is 37.6 Å². The van der Waals surface area contributed by atoms with Crippen LogP contribution in [-0.2, 0) is 0 Å². The van der Waals surface area contributed by atoms with E-state index < -0.39 is 0 Å². The van der Waals surface area contributed by atoms with Gasteiger partial charge in [0, 0.05) is 0 Å². The van der Waals surface area contributed by atoms with Crippen LogP contribution in [0.15, 0.2) is 24.3 Å². The number of hydrogen-bond acceptors (Lipinski definition) is 0. The van der Waals surface area contributed by atoms with Crippen LogP contribution in [0.1, 0.15) is 13.3 Å². The molecule has 1 rings (SSSR count). The molecule has 1 atom stereocenters. The summed E-state index contributed by atoms with van der Waals surface area (Å²) in [5, 5.41) is 0. The van der Waals surface area contributed by atoms with Crippen LogP contribution in [0, 0.1) is 12.3 Å². The third kappa shape index (κ3) is 1.53. The Labute approximate surface area is 50.9 Å². The van der Waals surface area contributed by atoms with Gasteiger partial charge in [0.05, 0.1) is 0 Å². The quantitative estimate of drug-likeness (QED) is 0.445. The van der Waals surface area contributed by atoms with Crippen molar-refractivity contribution in [1.29, 1.82) is 0 Å². The van der Waals surface area contributed by atoms with Crippen LogP contribution in [0.4, 0.5) is 0 Å². The molecule has 0 amide bonds. The first kappa shape index (κ1) is 5.61. The monoisotopic (exact) mass is 107 g/mol. The molecule has 1 aliphatic rings. The fourth-order valence-corrected chi connectivity index (χ4v) is 0.768. The van der Waals surface area contributed by atoms with E-state index in [4.69, 9.17) is 0 Å². The Kier molecular flexibility index (Phi) is 1.90. The molecule has 0 unspecified atom stereocenters. The van der Waals surface area contributed by atoms with Crippen molar-refractivity contribution < 1.29 is 0 Å². The lowest BCUT2D eigenvalue weighted by Crippen LogP contribution is -1.87. The smallest absolute Gasteiger partial charge is 0.0136 e. The minimum Gasteiger partial charge on any atom is -0.0843 e. The summed E-state index contributed by atoms with van der Waals surface area (Å²) in [6, 6.07) is 0. The van der Waals surface area contributed by atoms with Gasteiger partial charge in [-0.2, -0.15) is 0 Å². The SMILES string of the molecule is C[C@H]1[CH]C=CC=CC1. The Morgan fingerprint density at radius 1 is 1.25 bits per heavy atom. The molecule has 0 heterocycles. The van der Waals surface area contributed by atoms with Crippen LogP contribution in [0.2, 0.25) is 0 Å². The summed E-state index contributed by atoms with van der Waals surface area (Å²) in [5.41, 5.74) is 0. The molecule has 0 N–H and O–H groups in total. The molecule has 0 fully saturated rings. The molecular weight excluding hydrogens is 96.1 g/mol. The minimum atomic E-state index is 0.727. The third-order valence-electron chi connectivity index (χ3n) is 1.31. The highest BCUT2D eigenvalue weighted by atomic mass is 14.0. The summed E-state index contributed by atoms with van der Waals surface area (Å²) in [6.07, 6.45) is 11.9. The predicted molar refractivity (Wildman–Crippen MR) is 36.4 cm³/mol. The van der Waals surface area contributed by atoms with Crippen molar-refractivity contribution in [2.45, 2.75) is 13.3 Å². The summed E-state index contributed by atoms with van der Waals surface area (Å²) >= 11 is 0. The first-order valence-corrected chi connectivity index (χ1v) is 3.06. The average molecular weight is 107 g/mol. The van der Waals surface area contributed by atoms with E-state index in [0.29, 0.717) is 0 Å². The molecular formula is C8H11. The second kappa shape index (κ2) is 2.71. The summed E-state index contributed by atoms with van der Waals surface area (Å²) in [5.74, 6) is 0.727. The molecule has 0 bridgehead atoms. The average Bonchev–Trinajstić information content (AvgIpc) is 1.94. The maximum absolute atomic E-state index is 2.22. The van der Waals surface area contributed by atoms with Crippen molar-refractivity contribution in [3.05, 3.63) is 30.7 Å². The standard InChI is InChI=1S/C8H11/c1-8-6-4-2-3-5-7-8/h2-6,8H,7H2,1H3/t8-/m0/s1. The lowest BCUT2D eigenvalue weighted by molar-refractivity contribution is 0.709. The first-order chi connectivity index (χ1) is 3.89. The molecule has 1 radical (unpaired) electrons. The van der Waals surface area contributed by atoms with Crippen LogP contribution in [-0.4, -0.2) is 0 Å². The van der Waals surface area contributed by atoms with Crippen molar-refractivity contribution in [2.75, 3.05) is 0 Å². The second-order valence-electron chi connectivity index (χ2n) is 2.22. The Hall–Kier alpha value is -0.520. The normalized spacial score (nSPS) is 21.1. The highest BCUT2D eigenvalue weighted by Gasteiger charge is 1.96. The van der Waals surface area contributed by atoms with Crippen LogP contribution >= 0.6 is 0 Å². The second-order valence-corrected chi connectivity index (χ2v) is 2.22. The Morgan fingerprint density at radius 3 is 3.00 bits per heavy atom. The van der Waals surface area contributed by atoms with E-state index in [1.54, 1.807) is 0 Å². The van der Waals surface area contributed by atoms with Crippen molar-refractivity contribution in [3.63, 3.8) is 0 Å². The first-order valence-electron chi connectivity index (χ1n) is 3.06. The summed E-state index contributed by atoms with van der Waals surface area (Å²) in [7, 11) is 0. The molecule has 43 valence electrons. The van der Waals surface area contributed by atoms with Gasteiger partial charge in [-0.05, 0) is 18.8 Å². The van der Waals surface area contributed by atoms with Gasteiger partial charge in [-0.15, -0.1) is 0 Å². The van der Waals surface area contributed by atoms with E-state index in [1.807, 2.05) is 0 Å². The molecule has 8 heavy (non-hydrogen) atoms. The summed E-state index contributed by atoms with van der Waals surface area (Å²) in [6.45, 7) is 2.22. The van der Waals surface area contributed by atoms with Gasteiger partial charge in [-0.3, -0.25) is 0 Å². The molecule has 0 nitrogen and oxygen atoms in total. The molecule has 0 saturated heterocycles. The lowest BCUT2D eigenvalue weighted by Gasteiger charge is -1.99. The Balaban J connectivity index is 2.45. The van der Waals surface area contributed by atoms with Gasteiger partial charge in [0.15, 0.2) is 0 Å². The van der Waals surface area contributed by atoms with E-state index in [9.17, 15) is 0 Å². The minimum absolute atomic E-state index is 0.727. The van der Waals surface area contributed by atoms with E-state index >= 15 is 0 Å². The van der Waals surface area contributed by atoms with Gasteiger partial charge in [0.2, 0.25) is 0 Å². The zero-order valence-corrected chi connectivity index (χ0v) is 5.17. The van der Waals surface area contributed by atoms with Gasteiger partial charge in [-0.25, -0.2) is 0 Å². The Bertz CT molecular complexity index is 95.2. The van der Waals surface area contributed by atoms with Gasteiger partial charge >= 0.3 is 0 Å². The van der Waals surface area contributed by atoms with E-state index in [0.717, 1.165) is 5.92 Å². The summed E-state index contributed by atoms with van der Waals surface area (Å²) < 4.78 is 0. The van der Waals surface area contributed by atoms with Crippen LogP contribution < -0.4 is 0 Å². The largest absolute Gasteiger partial charge is 0.0843 e. The molecule has 0 aromatic heterocycles. The maximum Gasteiger partial charge on any atom is -0.0136 e. The Morgan fingerprint density at radius 2 is 2.12 bits per heavy atom. The lowest BCUT2D eigenvalue weighted by atomic mass is 10.1. The van der Waals surface area contributed by atoms with Crippen LogP contribution in [0.25, 0.3) is 0 Å². The molecule has 0 heteroatoms. The fourth-order valence-electron chi connectivity index (χ4n) is 0.768. The molecule has 0 spiro atoms. The third-order valence-corrected chi connectivity index (χ3v) is 1.31. The van der Waals surface area contributed by atoms with Crippen molar-refractivity contribution in [1.82, 2.24) is 0 Å². The van der Waals surface area contributed by atoms with Crippen LogP contribution in [0.5, 0.6) is 0 Å².